The van der Waals surface area contributed by atoms with Gasteiger partial charge in [0.25, 0.3) is 0 Å². The summed E-state index contributed by atoms with van der Waals surface area (Å²) in [5.74, 6) is 0.182. The molecule has 1 aromatic carbocycles. The van der Waals surface area contributed by atoms with Crippen molar-refractivity contribution in [1.82, 2.24) is 14.9 Å². The molecule has 2 heterocycles. The van der Waals surface area contributed by atoms with E-state index in [0.29, 0.717) is 32.5 Å². The highest BCUT2D eigenvalue weighted by Gasteiger charge is 2.23. The largest absolute Gasteiger partial charge is 0.375 e. The summed E-state index contributed by atoms with van der Waals surface area (Å²) in [6.07, 6.45) is 9.43. The van der Waals surface area contributed by atoms with E-state index >= 15 is 0 Å². The van der Waals surface area contributed by atoms with Gasteiger partial charge in [0.2, 0.25) is 5.91 Å². The Hall–Kier alpha value is -2.27. The maximum Gasteiger partial charge on any atom is 0.223 e. The van der Waals surface area contributed by atoms with Gasteiger partial charge in [0.1, 0.15) is 0 Å². The van der Waals surface area contributed by atoms with Gasteiger partial charge in [-0.15, -0.1) is 0 Å². The van der Waals surface area contributed by atoms with E-state index in [9.17, 15) is 4.79 Å². The van der Waals surface area contributed by atoms with Crippen LogP contribution in [0.4, 0.5) is 0 Å². The zero-order valence-corrected chi connectivity index (χ0v) is 14.5. The van der Waals surface area contributed by atoms with Gasteiger partial charge in [-0.05, 0) is 31.2 Å². The van der Waals surface area contributed by atoms with Crippen molar-refractivity contribution in [2.75, 3.05) is 19.7 Å². The number of benzene rings is 1. The van der Waals surface area contributed by atoms with Crippen LogP contribution in [0.2, 0.25) is 0 Å². The minimum atomic E-state index is 0.151. The molecule has 1 aromatic heterocycles. The zero-order chi connectivity index (χ0) is 17.3. The first-order valence-corrected chi connectivity index (χ1v) is 8.99. The third-order valence-corrected chi connectivity index (χ3v) is 4.54. The van der Waals surface area contributed by atoms with Crippen LogP contribution in [0.25, 0.3) is 0 Å². The summed E-state index contributed by atoms with van der Waals surface area (Å²) in [5.41, 5.74) is 2.22. The third-order valence-electron chi connectivity index (χ3n) is 4.54. The Morgan fingerprint density at radius 2 is 2.08 bits per heavy atom. The fourth-order valence-corrected chi connectivity index (χ4v) is 3.15. The first-order valence-electron chi connectivity index (χ1n) is 8.99. The number of hydrogen-bond donors (Lipinski definition) is 0. The molecular weight excluding hydrogens is 314 g/mol. The van der Waals surface area contributed by atoms with Crippen molar-refractivity contribution in [1.29, 1.82) is 0 Å². The minimum Gasteiger partial charge on any atom is -0.375 e. The van der Waals surface area contributed by atoms with Crippen LogP contribution in [-0.4, -0.2) is 46.6 Å². The topological polar surface area (TPSA) is 55.3 Å². The smallest absolute Gasteiger partial charge is 0.223 e. The number of hydrogen-bond acceptors (Lipinski definition) is 4. The molecule has 3 rings (SSSR count). The molecule has 5 nitrogen and oxygen atoms in total. The zero-order valence-electron chi connectivity index (χ0n) is 14.5. The van der Waals surface area contributed by atoms with Crippen LogP contribution in [0.1, 0.15) is 30.5 Å². The van der Waals surface area contributed by atoms with Gasteiger partial charge in [0.05, 0.1) is 18.4 Å². The molecule has 5 heteroatoms. The lowest BCUT2D eigenvalue weighted by atomic mass is 10.0. The van der Waals surface area contributed by atoms with Crippen molar-refractivity contribution < 1.29 is 9.53 Å². The predicted octanol–water partition coefficient (Wildman–Crippen LogP) is 2.66. The maximum atomic E-state index is 12.4. The summed E-state index contributed by atoms with van der Waals surface area (Å²) < 4.78 is 5.84. The number of ether oxygens (including phenoxy) is 1. The standard InChI is InChI=1S/C20H25N3O2/c24-20(10-9-18-15-21-11-12-22-18)23-13-14-25-19(16-23)8-4-7-17-5-2-1-3-6-17/h1-3,5-6,11-12,15,19H,4,7-10,13-14,16H2. The van der Waals surface area contributed by atoms with Gasteiger partial charge in [-0.1, -0.05) is 30.3 Å². The molecule has 1 fully saturated rings. The van der Waals surface area contributed by atoms with E-state index in [2.05, 4.69) is 34.2 Å². The highest BCUT2D eigenvalue weighted by molar-refractivity contribution is 5.76. The molecule has 0 bridgehead atoms. The van der Waals surface area contributed by atoms with Gasteiger partial charge in [0.15, 0.2) is 0 Å². The van der Waals surface area contributed by atoms with Crippen LogP contribution in [0.5, 0.6) is 0 Å². The predicted molar refractivity (Wildman–Crippen MR) is 96.1 cm³/mol. The Labute approximate surface area is 149 Å². The lowest BCUT2D eigenvalue weighted by molar-refractivity contribution is -0.139. The van der Waals surface area contributed by atoms with Crippen molar-refractivity contribution in [3.8, 4) is 0 Å². The molecule has 2 aromatic rings. The molecule has 1 saturated heterocycles. The van der Waals surface area contributed by atoms with Crippen LogP contribution < -0.4 is 0 Å². The normalized spacial score (nSPS) is 17.4. The summed E-state index contributed by atoms with van der Waals surface area (Å²) in [6.45, 7) is 2.02. The molecule has 1 unspecified atom stereocenters. The molecule has 1 aliphatic rings. The van der Waals surface area contributed by atoms with Crippen molar-refractivity contribution in [3.63, 3.8) is 0 Å². The average molecular weight is 339 g/mol. The van der Waals surface area contributed by atoms with E-state index in [4.69, 9.17) is 4.74 Å². The van der Waals surface area contributed by atoms with Crippen molar-refractivity contribution in [3.05, 3.63) is 60.2 Å². The molecule has 1 amide bonds. The third kappa shape index (κ3) is 5.64. The van der Waals surface area contributed by atoms with Crippen molar-refractivity contribution in [2.45, 2.75) is 38.2 Å². The Balaban J connectivity index is 1.40. The molecule has 0 aliphatic carbocycles. The summed E-state index contributed by atoms with van der Waals surface area (Å²) >= 11 is 0. The van der Waals surface area contributed by atoms with Crippen LogP contribution >= 0.6 is 0 Å². The number of aromatic nitrogens is 2. The van der Waals surface area contributed by atoms with Gasteiger partial charge >= 0.3 is 0 Å². The number of carbonyl (C=O) groups is 1. The van der Waals surface area contributed by atoms with E-state index in [0.717, 1.165) is 25.0 Å². The molecule has 1 atom stereocenters. The van der Waals surface area contributed by atoms with Crippen molar-refractivity contribution >= 4 is 5.91 Å². The van der Waals surface area contributed by atoms with E-state index in [1.165, 1.54) is 5.56 Å². The molecule has 0 radical (unpaired) electrons. The lowest BCUT2D eigenvalue weighted by Crippen LogP contribution is -2.45. The fraction of sp³-hybridized carbons (Fsp3) is 0.450. The van der Waals surface area contributed by atoms with Gasteiger partial charge in [-0.3, -0.25) is 14.8 Å². The van der Waals surface area contributed by atoms with Crippen LogP contribution in [0, 0.1) is 0 Å². The number of rotatable bonds is 7. The average Bonchev–Trinajstić information content (AvgIpc) is 2.68. The number of carbonyl (C=O) groups excluding carboxylic acids is 1. The quantitative estimate of drug-likeness (QED) is 0.778. The highest BCUT2D eigenvalue weighted by atomic mass is 16.5. The number of amides is 1. The van der Waals surface area contributed by atoms with E-state index in [1.807, 2.05) is 11.0 Å². The first kappa shape index (κ1) is 17.5. The summed E-state index contributed by atoms with van der Waals surface area (Å²) in [4.78, 5) is 22.6. The minimum absolute atomic E-state index is 0.151. The molecule has 132 valence electrons. The molecule has 1 aliphatic heterocycles. The maximum absolute atomic E-state index is 12.4. The van der Waals surface area contributed by atoms with Gasteiger partial charge in [0, 0.05) is 38.1 Å². The van der Waals surface area contributed by atoms with Gasteiger partial charge in [-0.25, -0.2) is 0 Å². The van der Waals surface area contributed by atoms with Crippen LogP contribution in [-0.2, 0) is 22.4 Å². The molecule has 0 spiro atoms. The SMILES string of the molecule is O=C(CCc1cnccn1)N1CCOC(CCCc2ccccc2)C1. The first-order chi connectivity index (χ1) is 12.3. The Morgan fingerprint density at radius 1 is 1.20 bits per heavy atom. The second kappa shape index (κ2) is 9.28. The lowest BCUT2D eigenvalue weighted by Gasteiger charge is -2.33. The van der Waals surface area contributed by atoms with Gasteiger partial charge in [-0.2, -0.15) is 0 Å². The highest BCUT2D eigenvalue weighted by Crippen LogP contribution is 2.14. The van der Waals surface area contributed by atoms with E-state index < -0.39 is 0 Å². The summed E-state index contributed by atoms with van der Waals surface area (Å²) in [6, 6.07) is 10.5. The molecule has 0 saturated carbocycles. The second-order valence-corrected chi connectivity index (χ2v) is 6.41. The Kier molecular flexibility index (Phi) is 6.51. The number of nitrogens with zero attached hydrogens (tertiary/aromatic N) is 3. The molecular formula is C20H25N3O2. The number of aryl methyl sites for hydroxylation is 2. The fourth-order valence-electron chi connectivity index (χ4n) is 3.15. The molecule has 25 heavy (non-hydrogen) atoms. The molecule has 0 N–H and O–H groups in total. The van der Waals surface area contributed by atoms with Crippen LogP contribution in [0.15, 0.2) is 48.9 Å². The van der Waals surface area contributed by atoms with Crippen LogP contribution in [0.3, 0.4) is 0 Å². The summed E-state index contributed by atoms with van der Waals surface area (Å²) in [5, 5.41) is 0. The Bertz CT molecular complexity index is 649. The number of morpholine rings is 1. The monoisotopic (exact) mass is 339 g/mol. The van der Waals surface area contributed by atoms with E-state index in [1.54, 1.807) is 18.6 Å². The van der Waals surface area contributed by atoms with Crippen molar-refractivity contribution in [2.24, 2.45) is 0 Å². The Morgan fingerprint density at radius 3 is 2.88 bits per heavy atom. The van der Waals surface area contributed by atoms with Gasteiger partial charge < -0.3 is 9.64 Å². The summed E-state index contributed by atoms with van der Waals surface area (Å²) in [7, 11) is 0. The second-order valence-electron chi connectivity index (χ2n) is 6.41. The van der Waals surface area contributed by atoms with E-state index in [-0.39, 0.29) is 12.0 Å².